The summed E-state index contributed by atoms with van der Waals surface area (Å²) in [5.41, 5.74) is 14.8. The predicted molar refractivity (Wildman–Crippen MR) is 208 cm³/mol. The number of benzene rings is 6. The molecule has 1 heterocycles. The molecule has 238 valence electrons. The second kappa shape index (κ2) is 12.5. The van der Waals surface area contributed by atoms with Gasteiger partial charge in [-0.1, -0.05) is 146 Å². The average Bonchev–Trinajstić information content (AvgIpc) is 3.09. The molecule has 1 aliphatic heterocycles. The number of rotatable bonds is 6. The third-order valence-corrected chi connectivity index (χ3v) is 16.8. The average molecular weight is 656 g/mol. The third kappa shape index (κ3) is 4.48. The van der Waals surface area contributed by atoms with Crippen molar-refractivity contribution in [3.05, 3.63) is 212 Å². The van der Waals surface area contributed by atoms with Crippen LogP contribution >= 0.6 is 0 Å². The van der Waals surface area contributed by atoms with Crippen LogP contribution in [0.3, 0.4) is 0 Å². The molecule has 0 aromatic heterocycles. The zero-order valence-electron chi connectivity index (χ0n) is 29.1. The zero-order valence-corrected chi connectivity index (χ0v) is 31.7. The van der Waals surface area contributed by atoms with Crippen molar-refractivity contribution in [1.82, 2.24) is 0 Å². The SMILES string of the molecule is Cc1ccccc1C1(c2ccccc2C)N=[SiH][SiH2]C(c2ccccc2C)(c2ccccc2C)C1(c1ccccc1C)c1ccccc1C. The van der Waals surface area contributed by atoms with Gasteiger partial charge in [0.2, 0.25) is 0 Å². The van der Waals surface area contributed by atoms with Crippen molar-refractivity contribution in [3.63, 3.8) is 0 Å². The Labute approximate surface area is 291 Å². The molecule has 1 aliphatic rings. The minimum absolute atomic E-state index is 0.186. The van der Waals surface area contributed by atoms with Crippen molar-refractivity contribution in [3.8, 4) is 0 Å². The maximum atomic E-state index is 6.26. The molecule has 7 rings (SSSR count). The lowest BCUT2D eigenvalue weighted by Crippen LogP contribution is -2.69. The van der Waals surface area contributed by atoms with Crippen LogP contribution in [0.5, 0.6) is 0 Å². The zero-order chi connectivity index (χ0) is 33.5. The molecule has 6 aromatic rings. The molecule has 0 fully saturated rings. The van der Waals surface area contributed by atoms with Gasteiger partial charge in [-0.25, -0.2) is 0 Å². The number of hydrogen-bond acceptors (Lipinski definition) is 1. The van der Waals surface area contributed by atoms with Crippen LogP contribution in [0.4, 0.5) is 0 Å². The van der Waals surface area contributed by atoms with E-state index in [-0.39, 0.29) is 13.9 Å². The van der Waals surface area contributed by atoms with E-state index in [1.807, 2.05) is 0 Å². The first-order valence-electron chi connectivity index (χ1n) is 17.2. The first kappa shape index (κ1) is 32.1. The van der Waals surface area contributed by atoms with Gasteiger partial charge in [0, 0.05) is 5.04 Å². The van der Waals surface area contributed by atoms with Gasteiger partial charge in [-0.2, -0.15) is 0 Å². The Balaban J connectivity index is 1.91. The molecule has 0 saturated carbocycles. The summed E-state index contributed by atoms with van der Waals surface area (Å²) in [6.07, 6.45) is 0. The topological polar surface area (TPSA) is 12.4 Å². The normalized spacial score (nSPS) is 16.5. The molecule has 3 heteroatoms. The van der Waals surface area contributed by atoms with E-state index in [9.17, 15) is 0 Å². The molecule has 0 bridgehead atoms. The van der Waals surface area contributed by atoms with Crippen LogP contribution in [0, 0.1) is 41.5 Å². The maximum absolute atomic E-state index is 6.26. The minimum Gasteiger partial charge on any atom is -0.327 e. The third-order valence-electron chi connectivity index (χ3n) is 11.2. The number of nitrogens with zero attached hydrogens (tertiary/aromatic N) is 1. The fourth-order valence-electron chi connectivity index (χ4n) is 9.38. The molecule has 0 amide bonds. The predicted octanol–water partition coefficient (Wildman–Crippen LogP) is 9.43. The van der Waals surface area contributed by atoms with Crippen molar-refractivity contribution in [2.24, 2.45) is 4.63 Å². The minimum atomic E-state index is -0.934. The molecule has 0 saturated heterocycles. The molecule has 0 aliphatic carbocycles. The highest BCUT2D eigenvalue weighted by atomic mass is 29.1. The van der Waals surface area contributed by atoms with Crippen LogP contribution < -0.4 is 0 Å². The highest BCUT2D eigenvalue weighted by molar-refractivity contribution is 6.97. The summed E-state index contributed by atoms with van der Waals surface area (Å²) in [6, 6.07) is 55.4. The Bertz CT molecular complexity index is 2020. The van der Waals surface area contributed by atoms with Gasteiger partial charge in [-0.15, -0.1) is 0 Å². The smallest absolute Gasteiger partial charge is 0.114 e. The summed E-state index contributed by atoms with van der Waals surface area (Å²) >= 11 is 0. The molecule has 0 spiro atoms. The van der Waals surface area contributed by atoms with Gasteiger partial charge in [-0.3, -0.25) is 0 Å². The number of hydrogen-bond donors (Lipinski definition) is 0. The van der Waals surface area contributed by atoms with Crippen LogP contribution in [0.15, 0.2) is 150 Å². The summed E-state index contributed by atoms with van der Waals surface area (Å²) < 4.78 is 6.26. The van der Waals surface area contributed by atoms with Gasteiger partial charge < -0.3 is 4.63 Å². The van der Waals surface area contributed by atoms with E-state index in [4.69, 9.17) is 4.63 Å². The Hall–Kier alpha value is -4.45. The van der Waals surface area contributed by atoms with Crippen LogP contribution in [0.1, 0.15) is 66.8 Å². The lowest BCUT2D eigenvalue weighted by Gasteiger charge is -2.64. The molecular weight excluding hydrogens is 611 g/mol. The highest BCUT2D eigenvalue weighted by Gasteiger charge is 2.69. The van der Waals surface area contributed by atoms with E-state index >= 15 is 0 Å². The number of aryl methyl sites for hydroxylation is 6. The lowest BCUT2D eigenvalue weighted by molar-refractivity contribution is 0.249. The molecule has 48 heavy (non-hydrogen) atoms. The standard InChI is InChI=1S/C45H45NSi2/c1-31-19-7-13-25-37(31)43(38-26-14-8-20-32(38)2)44(39-27-15-9-21-33(39)3,40-28-16-10-22-34(40)4)46-48-47-45(43,41-29-17-11-23-35(41)5)42-30-18-12-24-36(42)6/h7-30,48H,47H2,1-6H3. The quantitative estimate of drug-likeness (QED) is 0.159. The van der Waals surface area contributed by atoms with Crippen LogP contribution in [-0.4, -0.2) is 17.9 Å². The summed E-state index contributed by atoms with van der Waals surface area (Å²) in [5.74, 6) is 0. The van der Waals surface area contributed by atoms with Crippen molar-refractivity contribution in [1.29, 1.82) is 0 Å². The molecule has 0 N–H and O–H groups in total. The summed E-state index contributed by atoms with van der Waals surface area (Å²) in [4.78, 5) is 0. The second-order valence-electron chi connectivity index (χ2n) is 13.8. The van der Waals surface area contributed by atoms with Gasteiger partial charge in [0.15, 0.2) is 0 Å². The van der Waals surface area contributed by atoms with E-state index < -0.39 is 20.0 Å². The molecule has 0 atom stereocenters. The molecule has 1 nitrogen and oxygen atoms in total. The molecule has 6 aromatic carbocycles. The van der Waals surface area contributed by atoms with Crippen molar-refractivity contribution in [2.75, 3.05) is 0 Å². The van der Waals surface area contributed by atoms with Gasteiger partial charge in [-0.05, 0) is 108 Å². The lowest BCUT2D eigenvalue weighted by atomic mass is 9.46. The first-order valence-corrected chi connectivity index (χ1v) is 21.7. The largest absolute Gasteiger partial charge is 0.327 e. The monoisotopic (exact) mass is 655 g/mol. The van der Waals surface area contributed by atoms with E-state index in [1.54, 1.807) is 0 Å². The van der Waals surface area contributed by atoms with E-state index in [0.29, 0.717) is 0 Å². The van der Waals surface area contributed by atoms with Crippen LogP contribution in [0.2, 0.25) is 0 Å². The Morgan fingerprint density at radius 2 is 0.646 bits per heavy atom. The summed E-state index contributed by atoms with van der Waals surface area (Å²) in [7, 11) is -1.12. The van der Waals surface area contributed by atoms with Crippen molar-refractivity contribution in [2.45, 2.75) is 57.5 Å². The Kier molecular flexibility index (Phi) is 8.39. The maximum Gasteiger partial charge on any atom is 0.114 e. The van der Waals surface area contributed by atoms with E-state index in [1.165, 1.54) is 66.8 Å². The molecule has 0 radical (unpaired) electrons. The van der Waals surface area contributed by atoms with Gasteiger partial charge >= 0.3 is 0 Å². The van der Waals surface area contributed by atoms with Gasteiger partial charge in [0.05, 0.1) is 23.3 Å². The van der Waals surface area contributed by atoms with E-state index in [2.05, 4.69) is 187 Å². The summed E-state index contributed by atoms with van der Waals surface area (Å²) in [5, 5.41) is -0.344. The van der Waals surface area contributed by atoms with Crippen LogP contribution in [-0.2, 0) is 16.0 Å². The van der Waals surface area contributed by atoms with Crippen molar-refractivity contribution < 1.29 is 0 Å². The Morgan fingerprint density at radius 1 is 0.375 bits per heavy atom. The van der Waals surface area contributed by atoms with Crippen LogP contribution in [0.25, 0.3) is 0 Å². The molecular formula is C45H45NSi2. The van der Waals surface area contributed by atoms with E-state index in [0.717, 1.165) is 0 Å². The summed E-state index contributed by atoms with van der Waals surface area (Å²) in [6.45, 7) is 14.0. The second-order valence-corrected chi connectivity index (χ2v) is 18.2. The fourth-order valence-corrected chi connectivity index (χ4v) is 16.8. The van der Waals surface area contributed by atoms with Gasteiger partial charge in [0.1, 0.15) is 5.54 Å². The first-order chi connectivity index (χ1) is 23.3. The van der Waals surface area contributed by atoms with Crippen molar-refractivity contribution >= 4 is 17.9 Å². The Morgan fingerprint density at radius 3 is 0.958 bits per heavy atom. The highest BCUT2D eigenvalue weighted by Crippen LogP contribution is 2.67. The fraction of sp³-hybridized carbons (Fsp3) is 0.200. The molecule has 0 unspecified atom stereocenters. The van der Waals surface area contributed by atoms with Gasteiger partial charge in [0.25, 0.3) is 0 Å².